The van der Waals surface area contributed by atoms with Crippen LogP contribution in [0, 0.1) is 0 Å². The number of rotatable bonds is 6. The molecule has 3 aromatic rings. The summed E-state index contributed by atoms with van der Waals surface area (Å²) in [5, 5.41) is 11.8. The van der Waals surface area contributed by atoms with E-state index in [1.807, 2.05) is 18.2 Å². The summed E-state index contributed by atoms with van der Waals surface area (Å²) in [6.07, 6.45) is 3.72. The van der Waals surface area contributed by atoms with Gasteiger partial charge in [-0.25, -0.2) is 4.79 Å². The predicted octanol–water partition coefficient (Wildman–Crippen LogP) is 4.39. The zero-order chi connectivity index (χ0) is 23.8. The zero-order valence-corrected chi connectivity index (χ0v) is 19.6. The summed E-state index contributed by atoms with van der Waals surface area (Å²) in [4.78, 5) is 13.6. The molecule has 0 spiro atoms. The van der Waals surface area contributed by atoms with E-state index in [1.165, 1.54) is 5.56 Å². The third kappa shape index (κ3) is 3.99. The highest BCUT2D eigenvalue weighted by Crippen LogP contribution is 2.44. The lowest BCUT2D eigenvalue weighted by Gasteiger charge is -2.47. The van der Waals surface area contributed by atoms with E-state index in [1.54, 1.807) is 36.4 Å². The number of quaternary nitrogens is 1. The molecule has 3 unspecified atom stereocenters. The number of aliphatic hydroxyl groups is 1. The van der Waals surface area contributed by atoms with Crippen molar-refractivity contribution in [1.82, 2.24) is 0 Å². The smallest absolute Gasteiger partial charge is 0.347 e. The number of carbonyl (C=O) groups is 1. The van der Waals surface area contributed by atoms with E-state index in [0.29, 0.717) is 28.9 Å². The fraction of sp³-hybridized carbons (Fsp3) is 0.345. The third-order valence-electron chi connectivity index (χ3n) is 8.03. The minimum atomic E-state index is -1.88. The molecular weight excluding hydrogens is 424 g/mol. The molecule has 0 aliphatic carbocycles. The number of nitrogens with two attached hydrogens (primary N) is 1. The number of esters is 1. The topological polar surface area (TPSA) is 72.5 Å². The van der Waals surface area contributed by atoms with E-state index >= 15 is 0 Å². The van der Waals surface area contributed by atoms with Crippen LogP contribution in [-0.4, -0.2) is 40.8 Å². The van der Waals surface area contributed by atoms with Crippen molar-refractivity contribution in [2.45, 2.75) is 56.0 Å². The maximum atomic E-state index is 13.6. The first-order valence-corrected chi connectivity index (χ1v) is 12.1. The molecule has 5 heteroatoms. The minimum Gasteiger partial charge on any atom is -0.459 e. The van der Waals surface area contributed by atoms with Gasteiger partial charge in [-0.2, -0.15) is 0 Å². The Hall–Kier alpha value is -3.15. The van der Waals surface area contributed by atoms with Gasteiger partial charge in [0.1, 0.15) is 12.6 Å². The summed E-state index contributed by atoms with van der Waals surface area (Å²) in [6, 6.07) is 27.3. The molecule has 0 amide bonds. The first-order chi connectivity index (χ1) is 16.4. The van der Waals surface area contributed by atoms with Gasteiger partial charge in [0.2, 0.25) is 5.60 Å². The second-order valence-corrected chi connectivity index (χ2v) is 10.1. The van der Waals surface area contributed by atoms with Crippen molar-refractivity contribution in [2.75, 3.05) is 12.8 Å². The average molecular weight is 458 g/mol. The van der Waals surface area contributed by atoms with Crippen molar-refractivity contribution < 1.29 is 19.1 Å². The van der Waals surface area contributed by atoms with Crippen LogP contribution in [0.4, 0.5) is 5.69 Å². The Kier molecular flexibility index (Phi) is 5.92. The number of carbonyl (C=O) groups excluding carboxylic acids is 1. The number of anilines is 1. The SMILES string of the molecule is C[N+]1(Cc2ccccc2)C2CCC1CC(OC(=O)C(O)(c1ccccc1)c1ccc(N)cc1)C2. The molecule has 2 heterocycles. The monoisotopic (exact) mass is 457 g/mol. The van der Waals surface area contributed by atoms with E-state index in [-0.39, 0.29) is 6.10 Å². The summed E-state index contributed by atoms with van der Waals surface area (Å²) in [5.74, 6) is -0.618. The molecule has 2 bridgehead atoms. The van der Waals surface area contributed by atoms with Crippen LogP contribution < -0.4 is 5.73 Å². The van der Waals surface area contributed by atoms with E-state index in [2.05, 4.69) is 37.4 Å². The van der Waals surface area contributed by atoms with Crippen LogP contribution in [0.3, 0.4) is 0 Å². The molecule has 0 saturated carbocycles. The van der Waals surface area contributed by atoms with Crippen molar-refractivity contribution in [3.63, 3.8) is 0 Å². The summed E-state index contributed by atoms with van der Waals surface area (Å²) in [5.41, 5.74) is 6.85. The number of hydrogen-bond acceptors (Lipinski definition) is 4. The van der Waals surface area contributed by atoms with Crippen molar-refractivity contribution in [1.29, 1.82) is 0 Å². The average Bonchev–Trinajstić information content (AvgIpc) is 3.01. The van der Waals surface area contributed by atoms with Crippen molar-refractivity contribution in [2.24, 2.45) is 0 Å². The fourth-order valence-corrected chi connectivity index (χ4v) is 6.07. The van der Waals surface area contributed by atoms with E-state index < -0.39 is 11.6 Å². The molecule has 3 N–H and O–H groups in total. The Bertz CT molecular complexity index is 1120. The number of nitrogen functional groups attached to an aromatic ring is 1. The summed E-state index contributed by atoms with van der Waals surface area (Å²) < 4.78 is 7.09. The van der Waals surface area contributed by atoms with Crippen LogP contribution in [0.15, 0.2) is 84.9 Å². The van der Waals surface area contributed by atoms with Crippen molar-refractivity contribution in [3.05, 3.63) is 102 Å². The lowest BCUT2D eigenvalue weighted by Crippen LogP contribution is -2.58. The zero-order valence-electron chi connectivity index (χ0n) is 19.6. The molecule has 2 fully saturated rings. The van der Waals surface area contributed by atoms with Gasteiger partial charge >= 0.3 is 5.97 Å². The minimum absolute atomic E-state index is 0.198. The van der Waals surface area contributed by atoms with Gasteiger partial charge in [-0.05, 0) is 23.3 Å². The number of benzene rings is 3. The van der Waals surface area contributed by atoms with Crippen molar-refractivity contribution >= 4 is 11.7 Å². The van der Waals surface area contributed by atoms with Crippen LogP contribution in [-0.2, 0) is 21.7 Å². The molecule has 2 saturated heterocycles. The second-order valence-electron chi connectivity index (χ2n) is 10.1. The maximum absolute atomic E-state index is 13.6. The second kappa shape index (κ2) is 8.90. The van der Waals surface area contributed by atoms with Crippen LogP contribution in [0.2, 0.25) is 0 Å². The van der Waals surface area contributed by atoms with Gasteiger partial charge in [0.15, 0.2) is 0 Å². The van der Waals surface area contributed by atoms with Gasteiger partial charge in [-0.1, -0.05) is 72.8 Å². The molecule has 5 nitrogen and oxygen atoms in total. The molecule has 2 aliphatic heterocycles. The number of piperidine rings is 1. The number of fused-ring (bicyclic) bond motifs is 2. The van der Waals surface area contributed by atoms with Gasteiger partial charge in [-0.3, -0.25) is 0 Å². The van der Waals surface area contributed by atoms with Gasteiger partial charge in [-0.15, -0.1) is 0 Å². The van der Waals surface area contributed by atoms with Gasteiger partial charge in [0, 0.05) is 36.9 Å². The fourth-order valence-electron chi connectivity index (χ4n) is 6.07. The molecule has 3 aromatic carbocycles. The van der Waals surface area contributed by atoms with E-state index in [4.69, 9.17) is 10.5 Å². The van der Waals surface area contributed by atoms with Crippen molar-refractivity contribution in [3.8, 4) is 0 Å². The molecule has 2 aliphatic rings. The summed E-state index contributed by atoms with van der Waals surface area (Å²) in [6.45, 7) is 0.996. The number of nitrogens with zero attached hydrogens (tertiary/aromatic N) is 1. The van der Waals surface area contributed by atoms with Gasteiger partial charge < -0.3 is 20.1 Å². The Morgan fingerprint density at radius 3 is 2.03 bits per heavy atom. The highest BCUT2D eigenvalue weighted by molar-refractivity contribution is 5.85. The third-order valence-corrected chi connectivity index (χ3v) is 8.03. The van der Waals surface area contributed by atoms with Crippen LogP contribution >= 0.6 is 0 Å². The highest BCUT2D eigenvalue weighted by Gasteiger charge is 2.53. The first-order valence-electron chi connectivity index (χ1n) is 12.1. The predicted molar refractivity (Wildman–Crippen MR) is 133 cm³/mol. The molecule has 0 radical (unpaired) electrons. The summed E-state index contributed by atoms with van der Waals surface area (Å²) in [7, 11) is 2.35. The Balaban J connectivity index is 1.37. The Morgan fingerprint density at radius 1 is 0.912 bits per heavy atom. The van der Waals surface area contributed by atoms with Crippen LogP contribution in [0.1, 0.15) is 42.4 Å². The van der Waals surface area contributed by atoms with Gasteiger partial charge in [0.05, 0.1) is 19.1 Å². The van der Waals surface area contributed by atoms with Gasteiger partial charge in [0.25, 0.3) is 0 Å². The molecular formula is C29H33N2O3+. The molecule has 34 heavy (non-hydrogen) atoms. The quantitative estimate of drug-likeness (QED) is 0.327. The number of ether oxygens (including phenoxy) is 1. The highest BCUT2D eigenvalue weighted by atomic mass is 16.6. The Morgan fingerprint density at radius 2 is 1.44 bits per heavy atom. The normalized spacial score (nSPS) is 27.6. The molecule has 176 valence electrons. The Labute approximate surface area is 201 Å². The van der Waals surface area contributed by atoms with Crippen LogP contribution in [0.5, 0.6) is 0 Å². The number of hydrogen-bond donors (Lipinski definition) is 2. The lowest BCUT2D eigenvalue weighted by atomic mass is 9.86. The molecule has 0 aromatic heterocycles. The maximum Gasteiger partial charge on any atom is 0.347 e. The molecule has 5 rings (SSSR count). The lowest BCUT2D eigenvalue weighted by molar-refractivity contribution is -0.961. The first kappa shape index (κ1) is 22.6. The molecule has 3 atom stereocenters. The van der Waals surface area contributed by atoms with E-state index in [0.717, 1.165) is 36.7 Å². The standard InChI is InChI=1S/C29H33N2O3/c1-31(20-21-8-4-2-5-9-21)25-16-17-26(31)19-27(18-25)34-28(32)29(33,22-10-6-3-7-11-22)23-12-14-24(30)15-13-23/h2-15,25-27,33H,16-20,30H2,1H3/q+1. The van der Waals surface area contributed by atoms with E-state index in [9.17, 15) is 9.90 Å². The largest absolute Gasteiger partial charge is 0.459 e. The van der Waals surface area contributed by atoms with Crippen LogP contribution in [0.25, 0.3) is 0 Å². The summed E-state index contributed by atoms with van der Waals surface area (Å²) >= 11 is 0.